The Morgan fingerprint density at radius 1 is 1.31 bits per heavy atom. The number of nitro benzene ring substituents is 1. The molecule has 0 heterocycles. The monoisotopic (exact) mass is 369 g/mol. The van der Waals surface area contributed by atoms with Gasteiger partial charge in [0.25, 0.3) is 0 Å². The van der Waals surface area contributed by atoms with Crippen LogP contribution in [-0.2, 0) is 9.59 Å². The summed E-state index contributed by atoms with van der Waals surface area (Å²) in [6, 6.07) is 2.60. The number of carbonyl (C=O) groups is 2. The maximum Gasteiger partial charge on any atom is 0.324 e. The van der Waals surface area contributed by atoms with Crippen molar-refractivity contribution in [3.63, 3.8) is 0 Å². The lowest BCUT2D eigenvalue weighted by molar-refractivity contribution is -0.386. The zero-order valence-corrected chi connectivity index (χ0v) is 14.2. The van der Waals surface area contributed by atoms with Crippen LogP contribution in [0.15, 0.2) is 17.2 Å². The van der Waals surface area contributed by atoms with Gasteiger partial charge in [0.15, 0.2) is 5.75 Å². The van der Waals surface area contributed by atoms with E-state index in [0.717, 1.165) is 11.2 Å². The standard InChI is InChI=1S/C15H19N3O8/c1-3-4-26-15-11(18(23)24)5-10(6-12(15)25-2)7-16-17(8-13(19)20)9-14(21)22/h5-7H,3-4,8-9H2,1-2H3,(H,19,20)(H,21,22)/b16-7-. The van der Waals surface area contributed by atoms with Gasteiger partial charge in [-0.3, -0.25) is 24.7 Å². The minimum Gasteiger partial charge on any atom is -0.493 e. The maximum absolute atomic E-state index is 11.3. The molecule has 0 aliphatic rings. The second-order valence-electron chi connectivity index (χ2n) is 5.03. The third kappa shape index (κ3) is 6.26. The van der Waals surface area contributed by atoms with Gasteiger partial charge in [0.2, 0.25) is 5.75 Å². The number of hydrazone groups is 1. The van der Waals surface area contributed by atoms with Crippen LogP contribution in [0, 0.1) is 10.1 Å². The number of aliphatic carboxylic acids is 2. The Hall–Kier alpha value is -3.37. The van der Waals surface area contributed by atoms with E-state index >= 15 is 0 Å². The van der Waals surface area contributed by atoms with Gasteiger partial charge in [0.05, 0.1) is 24.9 Å². The quantitative estimate of drug-likeness (QED) is 0.333. The van der Waals surface area contributed by atoms with Gasteiger partial charge in [0.1, 0.15) is 13.1 Å². The Bertz CT molecular complexity index is 688. The van der Waals surface area contributed by atoms with E-state index < -0.39 is 30.0 Å². The van der Waals surface area contributed by atoms with Gasteiger partial charge in [-0.1, -0.05) is 6.92 Å². The fraction of sp³-hybridized carbons (Fsp3) is 0.400. The number of hydrogen-bond donors (Lipinski definition) is 2. The summed E-state index contributed by atoms with van der Waals surface area (Å²) in [5.74, 6) is -2.45. The highest BCUT2D eigenvalue weighted by molar-refractivity contribution is 5.83. The summed E-state index contributed by atoms with van der Waals surface area (Å²) in [5.41, 5.74) is -0.125. The van der Waals surface area contributed by atoms with E-state index in [1.54, 1.807) is 0 Å². The van der Waals surface area contributed by atoms with Crippen molar-refractivity contribution in [2.24, 2.45) is 5.10 Å². The van der Waals surface area contributed by atoms with Gasteiger partial charge >= 0.3 is 17.6 Å². The van der Waals surface area contributed by atoms with Crippen molar-refractivity contribution in [2.75, 3.05) is 26.8 Å². The Kier molecular flexibility index (Phi) is 7.80. The summed E-state index contributed by atoms with van der Waals surface area (Å²) >= 11 is 0. The van der Waals surface area contributed by atoms with Gasteiger partial charge < -0.3 is 19.7 Å². The minimum atomic E-state index is -1.27. The number of benzene rings is 1. The number of carboxylic acids is 2. The highest BCUT2D eigenvalue weighted by atomic mass is 16.6. The molecule has 11 heteroatoms. The topological polar surface area (TPSA) is 152 Å². The first-order chi connectivity index (χ1) is 12.3. The average molecular weight is 369 g/mol. The predicted octanol–water partition coefficient (Wildman–Crippen LogP) is 1.20. The summed E-state index contributed by atoms with van der Waals surface area (Å²) < 4.78 is 10.5. The number of rotatable bonds is 11. The smallest absolute Gasteiger partial charge is 0.324 e. The Morgan fingerprint density at radius 3 is 2.38 bits per heavy atom. The van der Waals surface area contributed by atoms with E-state index in [-0.39, 0.29) is 29.4 Å². The predicted molar refractivity (Wildman–Crippen MR) is 89.9 cm³/mol. The van der Waals surface area contributed by atoms with Crippen LogP contribution in [0.25, 0.3) is 0 Å². The molecule has 0 aliphatic heterocycles. The molecule has 26 heavy (non-hydrogen) atoms. The first kappa shape index (κ1) is 20.7. The lowest BCUT2D eigenvalue weighted by Gasteiger charge is -2.14. The number of methoxy groups -OCH3 is 1. The van der Waals surface area contributed by atoms with Crippen LogP contribution in [0.3, 0.4) is 0 Å². The number of nitro groups is 1. The molecule has 0 saturated heterocycles. The minimum absolute atomic E-state index is 0.0237. The fourth-order valence-electron chi connectivity index (χ4n) is 1.92. The van der Waals surface area contributed by atoms with Crippen LogP contribution >= 0.6 is 0 Å². The van der Waals surface area contributed by atoms with Crippen molar-refractivity contribution in [1.82, 2.24) is 5.01 Å². The molecule has 0 fully saturated rings. The molecule has 0 aliphatic carbocycles. The van der Waals surface area contributed by atoms with Crippen LogP contribution in [0.5, 0.6) is 11.5 Å². The molecular weight excluding hydrogens is 350 g/mol. The Balaban J connectivity index is 3.22. The normalized spacial score (nSPS) is 10.5. The van der Waals surface area contributed by atoms with E-state index in [0.29, 0.717) is 6.42 Å². The molecule has 0 atom stereocenters. The van der Waals surface area contributed by atoms with Crippen molar-refractivity contribution in [2.45, 2.75) is 13.3 Å². The fourth-order valence-corrected chi connectivity index (χ4v) is 1.92. The van der Waals surface area contributed by atoms with Crippen LogP contribution in [-0.4, -0.2) is 65.1 Å². The molecule has 1 aromatic carbocycles. The molecule has 0 saturated carbocycles. The number of carboxylic acid groups (broad SMARTS) is 2. The van der Waals surface area contributed by atoms with Crippen molar-refractivity contribution < 1.29 is 34.2 Å². The van der Waals surface area contributed by atoms with E-state index in [9.17, 15) is 19.7 Å². The van der Waals surface area contributed by atoms with Crippen LogP contribution < -0.4 is 9.47 Å². The number of hydrogen-bond acceptors (Lipinski definition) is 8. The molecule has 0 bridgehead atoms. The van der Waals surface area contributed by atoms with Crippen molar-refractivity contribution in [1.29, 1.82) is 0 Å². The number of ether oxygens (including phenoxy) is 2. The molecule has 0 radical (unpaired) electrons. The largest absolute Gasteiger partial charge is 0.493 e. The molecular formula is C15H19N3O8. The lowest BCUT2D eigenvalue weighted by atomic mass is 10.2. The van der Waals surface area contributed by atoms with Gasteiger partial charge in [-0.05, 0) is 12.5 Å². The van der Waals surface area contributed by atoms with Gasteiger partial charge in [0, 0.05) is 11.6 Å². The summed E-state index contributed by atoms with van der Waals surface area (Å²) in [5, 5.41) is 33.4. The molecule has 142 valence electrons. The highest BCUT2D eigenvalue weighted by Crippen LogP contribution is 2.38. The summed E-state index contributed by atoms with van der Waals surface area (Å²) in [6.45, 7) is 0.827. The highest BCUT2D eigenvalue weighted by Gasteiger charge is 2.22. The summed E-state index contributed by atoms with van der Waals surface area (Å²) in [4.78, 5) is 32.2. The molecule has 0 spiro atoms. The zero-order chi connectivity index (χ0) is 19.7. The van der Waals surface area contributed by atoms with Crippen LogP contribution in [0.2, 0.25) is 0 Å². The molecule has 11 nitrogen and oxygen atoms in total. The average Bonchev–Trinajstić information content (AvgIpc) is 2.56. The molecule has 0 aromatic heterocycles. The third-order valence-electron chi connectivity index (χ3n) is 2.93. The van der Waals surface area contributed by atoms with Gasteiger partial charge in [-0.2, -0.15) is 5.10 Å². The SMILES string of the molecule is CCCOc1c(OC)cc(/C=N\N(CC(=O)O)CC(=O)O)cc1[N+](=O)[O-]. The van der Waals surface area contributed by atoms with E-state index in [1.165, 1.54) is 19.2 Å². The molecule has 1 rings (SSSR count). The van der Waals surface area contributed by atoms with Crippen molar-refractivity contribution in [3.05, 3.63) is 27.8 Å². The lowest BCUT2D eigenvalue weighted by Crippen LogP contribution is -2.30. The summed E-state index contributed by atoms with van der Waals surface area (Å²) in [6.07, 6.45) is 1.76. The molecule has 0 unspecified atom stereocenters. The molecule has 2 N–H and O–H groups in total. The maximum atomic E-state index is 11.3. The second kappa shape index (κ2) is 9.81. The first-order valence-electron chi connectivity index (χ1n) is 7.50. The van der Waals surface area contributed by atoms with Gasteiger partial charge in [-0.25, -0.2) is 0 Å². The molecule has 1 aromatic rings. The van der Waals surface area contributed by atoms with Gasteiger partial charge in [-0.15, -0.1) is 0 Å². The van der Waals surface area contributed by atoms with Crippen LogP contribution in [0.4, 0.5) is 5.69 Å². The Labute approximate surface area is 148 Å². The summed E-state index contributed by atoms with van der Waals surface area (Å²) in [7, 11) is 1.32. The molecule has 0 amide bonds. The van der Waals surface area contributed by atoms with E-state index in [2.05, 4.69) is 5.10 Å². The second-order valence-corrected chi connectivity index (χ2v) is 5.03. The van der Waals surface area contributed by atoms with E-state index in [4.69, 9.17) is 19.7 Å². The first-order valence-corrected chi connectivity index (χ1v) is 7.50. The van der Waals surface area contributed by atoms with E-state index in [1.807, 2.05) is 6.92 Å². The number of nitrogens with zero attached hydrogens (tertiary/aromatic N) is 3. The Morgan fingerprint density at radius 2 is 1.92 bits per heavy atom. The third-order valence-corrected chi connectivity index (χ3v) is 2.93. The zero-order valence-electron chi connectivity index (χ0n) is 14.2. The van der Waals surface area contributed by atoms with Crippen LogP contribution in [0.1, 0.15) is 18.9 Å². The van der Waals surface area contributed by atoms with Crippen molar-refractivity contribution >= 4 is 23.8 Å². The van der Waals surface area contributed by atoms with Crippen molar-refractivity contribution in [3.8, 4) is 11.5 Å².